The minimum Gasteiger partial charge on any atom is -0.462 e. The summed E-state index contributed by atoms with van der Waals surface area (Å²) in [5, 5.41) is 0.326. The number of nitrogens with two attached hydrogens (primary N) is 1. The van der Waals surface area contributed by atoms with Gasteiger partial charge in [0, 0.05) is 30.8 Å². The number of benzene rings is 1. The number of nitrogen functional groups attached to an aromatic ring is 1. The molecule has 122 valence electrons. The van der Waals surface area contributed by atoms with Gasteiger partial charge in [0.2, 0.25) is 5.43 Å². The Bertz CT molecular complexity index is 949. The third-order valence-electron chi connectivity index (χ3n) is 3.71. The smallest absolute Gasteiger partial charge is 0.343 e. The van der Waals surface area contributed by atoms with Crippen LogP contribution in [0.1, 0.15) is 22.8 Å². The summed E-state index contributed by atoms with van der Waals surface area (Å²) in [6.45, 7) is 2.35. The number of fused-ring (bicyclic) bond motifs is 1. The molecular weight excluding hydrogens is 306 g/mol. The van der Waals surface area contributed by atoms with E-state index in [9.17, 15) is 9.59 Å². The summed E-state index contributed by atoms with van der Waals surface area (Å²) in [7, 11) is 0. The Labute approximate surface area is 138 Å². The van der Waals surface area contributed by atoms with Gasteiger partial charge in [-0.25, -0.2) is 4.79 Å². The summed E-state index contributed by atoms with van der Waals surface area (Å²) >= 11 is 0. The number of esters is 1. The first-order valence-corrected chi connectivity index (χ1v) is 7.59. The number of rotatable bonds is 4. The van der Waals surface area contributed by atoms with Gasteiger partial charge in [-0.15, -0.1) is 0 Å². The van der Waals surface area contributed by atoms with Crippen LogP contribution in [0.15, 0.2) is 53.7 Å². The molecule has 0 saturated carbocycles. The topological polar surface area (TPSA) is 87.2 Å². The van der Waals surface area contributed by atoms with Crippen LogP contribution in [0.5, 0.6) is 0 Å². The predicted molar refractivity (Wildman–Crippen MR) is 91.9 cm³/mol. The maximum atomic E-state index is 12.7. The highest BCUT2D eigenvalue weighted by molar-refractivity contribution is 5.97. The monoisotopic (exact) mass is 323 g/mol. The third-order valence-corrected chi connectivity index (χ3v) is 3.71. The number of ether oxygens (including phenoxy) is 1. The summed E-state index contributed by atoms with van der Waals surface area (Å²) < 4.78 is 6.81. The van der Waals surface area contributed by atoms with Crippen molar-refractivity contribution in [3.8, 4) is 0 Å². The predicted octanol–water partition coefficient (Wildman–Crippen LogP) is 2.20. The Balaban J connectivity index is 2.24. The van der Waals surface area contributed by atoms with E-state index in [0.29, 0.717) is 23.1 Å². The summed E-state index contributed by atoms with van der Waals surface area (Å²) in [5.74, 6) is -0.646. The van der Waals surface area contributed by atoms with Crippen molar-refractivity contribution in [3.05, 3.63) is 70.3 Å². The van der Waals surface area contributed by atoms with Gasteiger partial charge in [0.1, 0.15) is 5.56 Å². The molecule has 0 radical (unpaired) electrons. The van der Waals surface area contributed by atoms with E-state index in [-0.39, 0.29) is 12.2 Å². The minimum atomic E-state index is -0.646. The van der Waals surface area contributed by atoms with Gasteiger partial charge in [0.25, 0.3) is 0 Å². The fourth-order valence-corrected chi connectivity index (χ4v) is 2.64. The average molecular weight is 323 g/mol. The first kappa shape index (κ1) is 15.7. The molecular formula is C18H17N3O3. The molecule has 0 aliphatic heterocycles. The largest absolute Gasteiger partial charge is 0.462 e. The van der Waals surface area contributed by atoms with Gasteiger partial charge in [0.05, 0.1) is 17.5 Å². The Hall–Kier alpha value is -3.15. The standard InChI is InChI=1S/C18H17N3O3/c1-2-24-18(23)13-11-21(10-12-5-4-8-20-9-12)15-7-3-6-14(19)16(15)17(13)22/h3-9,11H,2,10,19H2,1H3. The number of nitrogens with zero attached hydrogens (tertiary/aromatic N) is 2. The number of hydrogen-bond acceptors (Lipinski definition) is 5. The molecule has 0 aliphatic rings. The number of aromatic nitrogens is 2. The number of pyridine rings is 2. The number of carbonyl (C=O) groups is 1. The summed E-state index contributed by atoms with van der Waals surface area (Å²) in [6.07, 6.45) is 4.95. The van der Waals surface area contributed by atoms with E-state index in [1.165, 1.54) is 6.20 Å². The van der Waals surface area contributed by atoms with Crippen LogP contribution in [0, 0.1) is 0 Å². The SMILES string of the molecule is CCOC(=O)c1cn(Cc2cccnc2)c2cccc(N)c2c1=O. The summed E-state index contributed by atoms with van der Waals surface area (Å²) in [5.41, 5.74) is 7.49. The van der Waals surface area contributed by atoms with Crippen LogP contribution in [-0.4, -0.2) is 22.1 Å². The molecule has 1 aromatic carbocycles. The van der Waals surface area contributed by atoms with Crippen molar-refractivity contribution in [1.82, 2.24) is 9.55 Å². The molecule has 2 heterocycles. The molecule has 0 saturated heterocycles. The zero-order valence-electron chi connectivity index (χ0n) is 13.2. The van der Waals surface area contributed by atoms with Crippen LogP contribution >= 0.6 is 0 Å². The lowest BCUT2D eigenvalue weighted by molar-refractivity contribution is 0.0524. The molecule has 0 atom stereocenters. The van der Waals surface area contributed by atoms with Crippen LogP contribution in [-0.2, 0) is 11.3 Å². The molecule has 6 heteroatoms. The first-order chi connectivity index (χ1) is 11.6. The van der Waals surface area contributed by atoms with Crippen molar-refractivity contribution in [2.24, 2.45) is 0 Å². The molecule has 3 rings (SSSR count). The average Bonchev–Trinajstić information content (AvgIpc) is 2.58. The molecule has 2 N–H and O–H groups in total. The van der Waals surface area contributed by atoms with Crippen LogP contribution in [0.4, 0.5) is 5.69 Å². The second-order valence-corrected chi connectivity index (χ2v) is 5.32. The number of hydrogen-bond donors (Lipinski definition) is 1. The van der Waals surface area contributed by atoms with Crippen molar-refractivity contribution >= 4 is 22.6 Å². The molecule has 0 aliphatic carbocycles. The Morgan fingerprint density at radius 2 is 2.12 bits per heavy atom. The van der Waals surface area contributed by atoms with Crippen molar-refractivity contribution in [1.29, 1.82) is 0 Å². The van der Waals surface area contributed by atoms with E-state index in [1.54, 1.807) is 37.5 Å². The maximum absolute atomic E-state index is 12.7. The van der Waals surface area contributed by atoms with Crippen LogP contribution in [0.3, 0.4) is 0 Å². The van der Waals surface area contributed by atoms with Crippen LogP contribution in [0.25, 0.3) is 10.9 Å². The molecule has 2 aromatic heterocycles. The summed E-state index contributed by atoms with van der Waals surface area (Å²) in [4.78, 5) is 28.9. The van der Waals surface area contributed by atoms with E-state index in [1.807, 2.05) is 16.7 Å². The zero-order chi connectivity index (χ0) is 17.1. The molecule has 0 amide bonds. The molecule has 0 fully saturated rings. The molecule has 0 unspecified atom stereocenters. The lowest BCUT2D eigenvalue weighted by Crippen LogP contribution is -2.22. The van der Waals surface area contributed by atoms with E-state index in [2.05, 4.69) is 4.98 Å². The fraction of sp³-hybridized carbons (Fsp3) is 0.167. The van der Waals surface area contributed by atoms with Gasteiger partial charge < -0.3 is 15.0 Å². The van der Waals surface area contributed by atoms with Crippen molar-refractivity contribution in [2.75, 3.05) is 12.3 Å². The van der Waals surface area contributed by atoms with Crippen LogP contribution < -0.4 is 11.2 Å². The van der Waals surface area contributed by atoms with Gasteiger partial charge >= 0.3 is 5.97 Å². The van der Waals surface area contributed by atoms with E-state index in [0.717, 1.165) is 5.56 Å². The first-order valence-electron chi connectivity index (χ1n) is 7.59. The Morgan fingerprint density at radius 3 is 2.83 bits per heavy atom. The van der Waals surface area contributed by atoms with E-state index in [4.69, 9.17) is 10.5 Å². The fourth-order valence-electron chi connectivity index (χ4n) is 2.64. The Kier molecular flexibility index (Phi) is 4.29. The maximum Gasteiger partial charge on any atom is 0.343 e. The van der Waals surface area contributed by atoms with Gasteiger partial charge in [-0.3, -0.25) is 9.78 Å². The van der Waals surface area contributed by atoms with Gasteiger partial charge in [-0.1, -0.05) is 12.1 Å². The summed E-state index contributed by atoms with van der Waals surface area (Å²) in [6, 6.07) is 8.99. The molecule has 6 nitrogen and oxygen atoms in total. The lowest BCUT2D eigenvalue weighted by Gasteiger charge is -2.14. The molecule has 24 heavy (non-hydrogen) atoms. The molecule has 0 bridgehead atoms. The molecule has 3 aromatic rings. The highest BCUT2D eigenvalue weighted by Gasteiger charge is 2.18. The van der Waals surface area contributed by atoms with Crippen molar-refractivity contribution in [2.45, 2.75) is 13.5 Å². The van der Waals surface area contributed by atoms with E-state index >= 15 is 0 Å². The van der Waals surface area contributed by atoms with Gasteiger partial charge in [-0.2, -0.15) is 0 Å². The quantitative estimate of drug-likeness (QED) is 0.587. The normalized spacial score (nSPS) is 10.7. The highest BCUT2D eigenvalue weighted by Crippen LogP contribution is 2.19. The second-order valence-electron chi connectivity index (χ2n) is 5.32. The van der Waals surface area contributed by atoms with Crippen LogP contribution in [0.2, 0.25) is 0 Å². The van der Waals surface area contributed by atoms with Gasteiger partial charge in [0.15, 0.2) is 0 Å². The number of carbonyl (C=O) groups excluding carboxylic acids is 1. The Morgan fingerprint density at radius 1 is 1.29 bits per heavy atom. The lowest BCUT2D eigenvalue weighted by atomic mass is 10.1. The minimum absolute atomic E-state index is 0.0221. The second kappa shape index (κ2) is 6.54. The molecule has 0 spiro atoms. The zero-order valence-corrected chi connectivity index (χ0v) is 13.2. The third kappa shape index (κ3) is 2.86. The van der Waals surface area contributed by atoms with Crippen molar-refractivity contribution < 1.29 is 9.53 Å². The van der Waals surface area contributed by atoms with E-state index < -0.39 is 11.4 Å². The number of anilines is 1. The van der Waals surface area contributed by atoms with Gasteiger partial charge in [-0.05, 0) is 30.7 Å². The van der Waals surface area contributed by atoms with Crippen molar-refractivity contribution in [3.63, 3.8) is 0 Å². The highest BCUT2D eigenvalue weighted by atomic mass is 16.5.